The summed E-state index contributed by atoms with van der Waals surface area (Å²) in [4.78, 5) is 10.8. The maximum Gasteiger partial charge on any atom is 1.00 e. The van der Waals surface area contributed by atoms with Crippen LogP contribution in [0.2, 0.25) is 0 Å². The zero-order valence-electron chi connectivity index (χ0n) is 11.0. The van der Waals surface area contributed by atoms with Gasteiger partial charge in [-0.2, -0.15) is 0 Å². The molecular formula is C9H19K2NO3. The zero-order valence-corrected chi connectivity index (χ0v) is 17.3. The first-order valence-corrected chi connectivity index (χ1v) is 4.46. The summed E-state index contributed by atoms with van der Waals surface area (Å²) in [6, 6.07) is 1.38. The second kappa shape index (κ2) is 16.5. The molecule has 15 heavy (non-hydrogen) atoms. The summed E-state index contributed by atoms with van der Waals surface area (Å²) in [6.45, 7) is 12.3. The van der Waals surface area contributed by atoms with E-state index in [0.29, 0.717) is 12.1 Å². The van der Waals surface area contributed by atoms with Crippen LogP contribution >= 0.6 is 0 Å². The number of carbonyl (C=O) groups excluding carboxylic acids is 1. The van der Waals surface area contributed by atoms with Gasteiger partial charge < -0.3 is 15.0 Å². The van der Waals surface area contributed by atoms with Gasteiger partial charge in [0.1, 0.15) is 0 Å². The van der Waals surface area contributed by atoms with Gasteiger partial charge in [0.25, 0.3) is 0 Å². The molecule has 0 amide bonds. The Labute approximate surface area is 178 Å². The van der Waals surface area contributed by atoms with Crippen molar-refractivity contribution in [1.82, 2.24) is 4.90 Å². The predicted molar refractivity (Wildman–Crippen MR) is 48.0 cm³/mol. The van der Waals surface area contributed by atoms with Gasteiger partial charge in [0.15, 0.2) is 0 Å². The molecule has 0 fully saturated rings. The average molecular weight is 267 g/mol. The minimum atomic E-state index is -2.33. The van der Waals surface area contributed by atoms with Gasteiger partial charge >= 0.3 is 103 Å². The van der Waals surface area contributed by atoms with Crippen molar-refractivity contribution >= 4 is 6.16 Å². The van der Waals surface area contributed by atoms with E-state index in [0.717, 1.165) is 6.54 Å². The van der Waals surface area contributed by atoms with E-state index in [1.165, 1.54) is 0 Å². The van der Waals surface area contributed by atoms with Crippen molar-refractivity contribution < 1.29 is 118 Å². The SMILES string of the molecule is CCN(C(C)C)C(C)C.O=C([O-])[O-].[K+].[K+]. The summed E-state index contributed by atoms with van der Waals surface area (Å²) in [6.07, 6.45) is -2.33. The number of hydrogen-bond acceptors (Lipinski definition) is 4. The molecule has 0 saturated heterocycles. The first kappa shape index (κ1) is 26.1. The molecule has 0 heterocycles. The smallest absolute Gasteiger partial charge is 0.652 e. The molecule has 0 aliphatic rings. The topological polar surface area (TPSA) is 66.4 Å². The van der Waals surface area contributed by atoms with Crippen molar-refractivity contribution in [3.63, 3.8) is 0 Å². The van der Waals surface area contributed by atoms with E-state index in [9.17, 15) is 0 Å². The van der Waals surface area contributed by atoms with Crippen LogP contribution in [0.4, 0.5) is 4.79 Å². The number of hydrogen-bond donors (Lipinski definition) is 0. The summed E-state index contributed by atoms with van der Waals surface area (Å²) in [7, 11) is 0. The van der Waals surface area contributed by atoms with Crippen molar-refractivity contribution in [3.05, 3.63) is 0 Å². The van der Waals surface area contributed by atoms with Gasteiger partial charge in [-0.05, 0) is 40.4 Å². The number of nitrogens with zero attached hydrogens (tertiary/aromatic N) is 1. The number of carbonyl (C=O) groups is 1. The molecule has 0 aliphatic heterocycles. The van der Waals surface area contributed by atoms with E-state index in [4.69, 9.17) is 15.0 Å². The van der Waals surface area contributed by atoms with Crippen LogP contribution in [0.25, 0.3) is 0 Å². The Bertz CT molecular complexity index is 131. The van der Waals surface area contributed by atoms with Crippen LogP contribution in [0.3, 0.4) is 0 Å². The third kappa shape index (κ3) is 22.2. The van der Waals surface area contributed by atoms with Crippen molar-refractivity contribution in [2.75, 3.05) is 6.54 Å². The van der Waals surface area contributed by atoms with E-state index in [-0.39, 0.29) is 103 Å². The standard InChI is InChI=1S/C8H19N.CH2O3.2K/c1-6-9(7(2)3)8(4)5;2-1(3)4;;/h7-8H,6H2,1-5H3;(H2,2,3,4);;/q;;2*+1/p-2. The van der Waals surface area contributed by atoms with Crippen LogP contribution in [0.1, 0.15) is 34.6 Å². The van der Waals surface area contributed by atoms with Crippen LogP contribution in [0.15, 0.2) is 0 Å². The molecule has 80 valence electrons. The average Bonchev–Trinajstić information content (AvgIpc) is 1.84. The Morgan fingerprint density at radius 2 is 1.27 bits per heavy atom. The molecule has 0 spiro atoms. The molecule has 4 nitrogen and oxygen atoms in total. The van der Waals surface area contributed by atoms with Crippen molar-refractivity contribution in [2.45, 2.75) is 46.7 Å². The van der Waals surface area contributed by atoms with Crippen molar-refractivity contribution in [2.24, 2.45) is 0 Å². The van der Waals surface area contributed by atoms with Gasteiger partial charge in [-0.25, -0.2) is 0 Å². The van der Waals surface area contributed by atoms with Crippen LogP contribution in [0.5, 0.6) is 0 Å². The molecule has 0 radical (unpaired) electrons. The quantitative estimate of drug-likeness (QED) is 0.477. The van der Waals surface area contributed by atoms with E-state index < -0.39 is 6.16 Å². The minimum Gasteiger partial charge on any atom is -0.652 e. The minimum absolute atomic E-state index is 0. The fourth-order valence-electron chi connectivity index (χ4n) is 1.33. The molecule has 0 saturated carbocycles. The summed E-state index contributed by atoms with van der Waals surface area (Å²) in [5.41, 5.74) is 0. The Kier molecular flexibility index (Phi) is 28.8. The Balaban J connectivity index is -0.0000000883. The molecule has 0 rings (SSSR count). The zero-order chi connectivity index (χ0) is 11.0. The summed E-state index contributed by atoms with van der Waals surface area (Å²) < 4.78 is 0. The monoisotopic (exact) mass is 267 g/mol. The third-order valence-corrected chi connectivity index (χ3v) is 1.69. The molecule has 0 unspecified atom stereocenters. The van der Waals surface area contributed by atoms with E-state index in [1.54, 1.807) is 0 Å². The number of carboxylic acid groups (broad SMARTS) is 2. The summed E-state index contributed by atoms with van der Waals surface area (Å²) in [5, 5.41) is 16.7. The van der Waals surface area contributed by atoms with Crippen molar-refractivity contribution in [3.8, 4) is 0 Å². The second-order valence-electron chi connectivity index (χ2n) is 3.27. The third-order valence-electron chi connectivity index (χ3n) is 1.69. The second-order valence-corrected chi connectivity index (χ2v) is 3.27. The van der Waals surface area contributed by atoms with Gasteiger partial charge in [-0.3, -0.25) is 4.90 Å². The maximum atomic E-state index is 8.33. The Morgan fingerprint density at radius 3 is 1.27 bits per heavy atom. The van der Waals surface area contributed by atoms with Gasteiger partial charge in [0, 0.05) is 12.1 Å². The van der Waals surface area contributed by atoms with E-state index in [1.807, 2.05) is 0 Å². The largest absolute Gasteiger partial charge is 1.00 e. The van der Waals surface area contributed by atoms with Crippen LogP contribution < -0.4 is 113 Å². The summed E-state index contributed by atoms with van der Waals surface area (Å²) >= 11 is 0. The Morgan fingerprint density at radius 1 is 1.07 bits per heavy atom. The van der Waals surface area contributed by atoms with Crippen LogP contribution in [-0.2, 0) is 0 Å². The van der Waals surface area contributed by atoms with E-state index >= 15 is 0 Å². The van der Waals surface area contributed by atoms with E-state index in [2.05, 4.69) is 39.5 Å². The molecule has 0 N–H and O–H groups in total. The van der Waals surface area contributed by atoms with Crippen LogP contribution in [-0.4, -0.2) is 29.7 Å². The molecule has 0 aromatic heterocycles. The molecular weight excluding hydrogens is 248 g/mol. The number of rotatable bonds is 3. The van der Waals surface area contributed by atoms with Gasteiger partial charge in [-0.1, -0.05) is 6.92 Å². The normalized spacial score (nSPS) is 8.80. The molecule has 6 heteroatoms. The Hall–Kier alpha value is 2.50. The van der Waals surface area contributed by atoms with Gasteiger partial charge in [-0.15, -0.1) is 0 Å². The predicted octanol–water partition coefficient (Wildman–Crippen LogP) is -6.31. The molecule has 0 aliphatic carbocycles. The maximum absolute atomic E-state index is 8.33. The molecule has 0 aromatic carbocycles. The first-order valence-electron chi connectivity index (χ1n) is 4.46. The van der Waals surface area contributed by atoms with Crippen LogP contribution in [0, 0.1) is 0 Å². The fraction of sp³-hybridized carbons (Fsp3) is 0.889. The van der Waals surface area contributed by atoms with Gasteiger partial charge in [0.2, 0.25) is 0 Å². The van der Waals surface area contributed by atoms with Gasteiger partial charge in [0.05, 0.1) is 0 Å². The first-order chi connectivity index (χ1) is 5.82. The fourth-order valence-corrected chi connectivity index (χ4v) is 1.33. The van der Waals surface area contributed by atoms with Crippen molar-refractivity contribution in [1.29, 1.82) is 0 Å². The molecule has 0 atom stereocenters. The molecule has 0 aromatic rings. The summed E-state index contributed by atoms with van der Waals surface area (Å²) in [5.74, 6) is 0. The molecule has 0 bridgehead atoms.